The van der Waals surface area contributed by atoms with Gasteiger partial charge in [-0.15, -0.1) is 0 Å². The van der Waals surface area contributed by atoms with Crippen LogP contribution in [0.4, 0.5) is 4.39 Å². The summed E-state index contributed by atoms with van der Waals surface area (Å²) < 4.78 is 18.2. The minimum Gasteiger partial charge on any atom is -0.394 e. The molecular formula is C9H13FN2O3. The van der Waals surface area contributed by atoms with E-state index in [0.29, 0.717) is 13.1 Å². The van der Waals surface area contributed by atoms with Crippen LogP contribution >= 0.6 is 0 Å². The third kappa shape index (κ3) is 2.17. The van der Waals surface area contributed by atoms with Crippen LogP contribution in [-0.4, -0.2) is 53.0 Å². The van der Waals surface area contributed by atoms with E-state index >= 15 is 0 Å². The van der Waals surface area contributed by atoms with Crippen LogP contribution in [0.3, 0.4) is 0 Å². The van der Waals surface area contributed by atoms with Gasteiger partial charge in [-0.2, -0.15) is 0 Å². The maximum atomic E-state index is 12.9. The molecule has 2 N–H and O–H groups in total. The van der Waals surface area contributed by atoms with Gasteiger partial charge in [-0.25, -0.2) is 4.39 Å². The summed E-state index contributed by atoms with van der Waals surface area (Å²) in [4.78, 5) is 5.36. The number of aliphatic hydroxyl groups excluding tert-OH is 2. The number of halogens is 1. The van der Waals surface area contributed by atoms with Crippen molar-refractivity contribution >= 4 is 6.21 Å². The van der Waals surface area contributed by atoms with Gasteiger partial charge in [-0.05, 0) is 0 Å². The Morgan fingerprint density at radius 1 is 1.67 bits per heavy atom. The van der Waals surface area contributed by atoms with Gasteiger partial charge >= 0.3 is 0 Å². The van der Waals surface area contributed by atoms with E-state index in [4.69, 9.17) is 9.84 Å². The normalized spacial score (nSPS) is 35.8. The first-order valence-electron chi connectivity index (χ1n) is 4.78. The molecule has 84 valence electrons. The number of ether oxygens (including phenoxy) is 1. The third-order valence-electron chi connectivity index (χ3n) is 2.50. The Morgan fingerprint density at radius 3 is 3.07 bits per heavy atom. The predicted molar refractivity (Wildman–Crippen MR) is 50.8 cm³/mol. The fourth-order valence-electron chi connectivity index (χ4n) is 1.71. The zero-order valence-corrected chi connectivity index (χ0v) is 8.08. The first kappa shape index (κ1) is 10.5. The van der Waals surface area contributed by atoms with Crippen molar-refractivity contribution in [1.82, 2.24) is 4.90 Å². The Labute approximate surface area is 86.5 Å². The van der Waals surface area contributed by atoms with E-state index in [9.17, 15) is 9.50 Å². The molecule has 0 aliphatic carbocycles. The summed E-state index contributed by atoms with van der Waals surface area (Å²) in [6, 6.07) is 0. The molecule has 2 aliphatic heterocycles. The largest absolute Gasteiger partial charge is 0.394 e. The number of hydrogen-bond acceptors (Lipinski definition) is 5. The van der Waals surface area contributed by atoms with Gasteiger partial charge in [0.1, 0.15) is 19.0 Å². The van der Waals surface area contributed by atoms with Gasteiger partial charge in [0.15, 0.2) is 5.83 Å². The van der Waals surface area contributed by atoms with Crippen molar-refractivity contribution in [3.8, 4) is 0 Å². The minimum absolute atomic E-state index is 0.235. The first-order chi connectivity index (χ1) is 7.20. The molecule has 5 nitrogen and oxygen atoms in total. The standard InChI is InChI=1S/C9H13FN2O3/c10-6-2-11-5-12(3-6)9-1-7(14)8(4-13)15-9/h2-3,7-9,13-14H,1,4-5H2/t7-,8+,9+/m0/s1. The quantitative estimate of drug-likeness (QED) is 0.659. The molecule has 1 fully saturated rings. The lowest BCUT2D eigenvalue weighted by Crippen LogP contribution is -2.33. The lowest BCUT2D eigenvalue weighted by Gasteiger charge is -2.26. The topological polar surface area (TPSA) is 65.3 Å². The van der Waals surface area contributed by atoms with Crippen molar-refractivity contribution in [1.29, 1.82) is 0 Å². The van der Waals surface area contributed by atoms with Crippen LogP contribution in [0.15, 0.2) is 17.0 Å². The number of rotatable bonds is 2. The second-order valence-corrected chi connectivity index (χ2v) is 3.60. The molecule has 0 saturated carbocycles. The van der Waals surface area contributed by atoms with E-state index in [2.05, 4.69) is 4.99 Å². The smallest absolute Gasteiger partial charge is 0.156 e. The number of nitrogens with zero attached hydrogens (tertiary/aromatic N) is 2. The van der Waals surface area contributed by atoms with Crippen LogP contribution in [0.2, 0.25) is 0 Å². The molecule has 3 atom stereocenters. The fraction of sp³-hybridized carbons (Fsp3) is 0.667. The zero-order chi connectivity index (χ0) is 10.8. The molecular weight excluding hydrogens is 203 g/mol. The molecule has 1 saturated heterocycles. The summed E-state index contributed by atoms with van der Waals surface area (Å²) in [5, 5.41) is 18.4. The predicted octanol–water partition coefficient (Wildman–Crippen LogP) is -0.391. The molecule has 0 aromatic rings. The highest BCUT2D eigenvalue weighted by atomic mass is 19.1. The van der Waals surface area contributed by atoms with Crippen LogP contribution in [0.25, 0.3) is 0 Å². The first-order valence-corrected chi connectivity index (χ1v) is 4.78. The highest BCUT2D eigenvalue weighted by Crippen LogP contribution is 2.24. The van der Waals surface area contributed by atoms with Crippen molar-refractivity contribution in [3.05, 3.63) is 12.0 Å². The highest BCUT2D eigenvalue weighted by Gasteiger charge is 2.36. The van der Waals surface area contributed by atoms with Gasteiger partial charge in [-0.1, -0.05) is 0 Å². The van der Waals surface area contributed by atoms with E-state index in [1.165, 1.54) is 6.20 Å². The Hall–Kier alpha value is -0.980. The van der Waals surface area contributed by atoms with E-state index in [1.807, 2.05) is 0 Å². The Kier molecular flexibility index (Phi) is 2.99. The van der Waals surface area contributed by atoms with Crippen molar-refractivity contribution < 1.29 is 19.3 Å². The molecule has 0 unspecified atom stereocenters. The van der Waals surface area contributed by atoms with Crippen LogP contribution in [0, 0.1) is 0 Å². The Balaban J connectivity index is 1.99. The van der Waals surface area contributed by atoms with E-state index in [-0.39, 0.29) is 6.61 Å². The van der Waals surface area contributed by atoms with Crippen LogP contribution in [-0.2, 0) is 4.74 Å². The molecule has 15 heavy (non-hydrogen) atoms. The highest BCUT2D eigenvalue weighted by molar-refractivity contribution is 5.76. The fourth-order valence-corrected chi connectivity index (χ4v) is 1.71. The van der Waals surface area contributed by atoms with Gasteiger partial charge in [0.05, 0.1) is 18.9 Å². The van der Waals surface area contributed by atoms with E-state index < -0.39 is 24.3 Å². The molecule has 2 heterocycles. The van der Waals surface area contributed by atoms with Crippen molar-refractivity contribution in [2.75, 3.05) is 13.3 Å². The molecule has 0 aromatic heterocycles. The molecule has 0 spiro atoms. The lowest BCUT2D eigenvalue weighted by molar-refractivity contribution is -0.0641. The van der Waals surface area contributed by atoms with Crippen molar-refractivity contribution in [3.63, 3.8) is 0 Å². The van der Waals surface area contributed by atoms with Crippen molar-refractivity contribution in [2.45, 2.75) is 24.9 Å². The maximum Gasteiger partial charge on any atom is 0.156 e. The monoisotopic (exact) mass is 216 g/mol. The SMILES string of the molecule is OC[C@H]1O[C@@H](N2C=C(F)C=NC2)C[C@@H]1O. The average Bonchev–Trinajstić information content (AvgIpc) is 2.60. The minimum atomic E-state index is -0.706. The van der Waals surface area contributed by atoms with Crippen molar-refractivity contribution in [2.24, 2.45) is 4.99 Å². The van der Waals surface area contributed by atoms with Gasteiger partial charge in [0, 0.05) is 12.6 Å². The second-order valence-electron chi connectivity index (χ2n) is 3.60. The molecule has 0 amide bonds. The summed E-state index contributed by atoms with van der Waals surface area (Å²) >= 11 is 0. The van der Waals surface area contributed by atoms with Gasteiger partial charge < -0.3 is 19.8 Å². The summed E-state index contributed by atoms with van der Waals surface area (Å²) in [6.07, 6.45) is 1.08. The Bertz CT molecular complexity index is 295. The lowest BCUT2D eigenvalue weighted by atomic mass is 10.2. The third-order valence-corrected chi connectivity index (χ3v) is 2.50. The van der Waals surface area contributed by atoms with E-state index in [1.54, 1.807) is 4.90 Å². The maximum absolute atomic E-state index is 12.9. The van der Waals surface area contributed by atoms with Crippen LogP contribution < -0.4 is 0 Å². The number of hydrogen-bond donors (Lipinski definition) is 2. The average molecular weight is 216 g/mol. The summed E-state index contributed by atoms with van der Waals surface area (Å²) in [7, 11) is 0. The second kappa shape index (κ2) is 4.26. The van der Waals surface area contributed by atoms with E-state index in [0.717, 1.165) is 6.21 Å². The number of aliphatic imine (C=N–C) groups is 1. The molecule has 0 radical (unpaired) electrons. The molecule has 0 aromatic carbocycles. The van der Waals surface area contributed by atoms with Gasteiger partial charge in [-0.3, -0.25) is 4.99 Å². The number of allylic oxidation sites excluding steroid dienone is 1. The number of aliphatic hydroxyl groups is 2. The van der Waals surface area contributed by atoms with Gasteiger partial charge in [0.25, 0.3) is 0 Å². The van der Waals surface area contributed by atoms with Gasteiger partial charge in [0.2, 0.25) is 0 Å². The molecule has 6 heteroatoms. The molecule has 2 aliphatic rings. The van der Waals surface area contributed by atoms with Crippen LogP contribution in [0.5, 0.6) is 0 Å². The Morgan fingerprint density at radius 2 is 2.47 bits per heavy atom. The molecule has 0 bridgehead atoms. The van der Waals surface area contributed by atoms with Crippen LogP contribution in [0.1, 0.15) is 6.42 Å². The zero-order valence-electron chi connectivity index (χ0n) is 8.08. The molecule has 2 rings (SSSR count). The summed E-state index contributed by atoms with van der Waals surface area (Å²) in [5.41, 5.74) is 0. The summed E-state index contributed by atoms with van der Waals surface area (Å²) in [5.74, 6) is -0.438. The summed E-state index contributed by atoms with van der Waals surface area (Å²) in [6.45, 7) is 0.0733.